The molecule has 2 aliphatic heterocycles. The monoisotopic (exact) mass is 293 g/mol. The Morgan fingerprint density at radius 2 is 1.76 bits per heavy atom. The maximum atomic E-state index is 12.5. The molecule has 1 atom stereocenters. The topological polar surface area (TPSA) is 35.6 Å². The van der Waals surface area contributed by atoms with Gasteiger partial charge in [0.05, 0.1) is 0 Å². The summed E-state index contributed by atoms with van der Waals surface area (Å²) < 4.78 is 0. The van der Waals surface area contributed by atoms with E-state index >= 15 is 0 Å². The number of hydrogen-bond donors (Lipinski definition) is 1. The van der Waals surface area contributed by atoms with E-state index in [4.69, 9.17) is 0 Å². The van der Waals surface area contributed by atoms with Crippen molar-refractivity contribution < 1.29 is 4.79 Å². The Kier molecular flexibility index (Phi) is 5.17. The van der Waals surface area contributed by atoms with Crippen LogP contribution in [0.4, 0.5) is 0 Å². The SMILES string of the molecule is CC(CC(=O)N1CCN(CC2CC2)CC1)C1CCNCC1. The Morgan fingerprint density at radius 1 is 1.10 bits per heavy atom. The van der Waals surface area contributed by atoms with Gasteiger partial charge in [0.1, 0.15) is 0 Å². The molecule has 0 aromatic heterocycles. The number of nitrogens with one attached hydrogen (secondary N) is 1. The van der Waals surface area contributed by atoms with Crippen molar-refractivity contribution in [1.29, 1.82) is 0 Å². The predicted octanol–water partition coefficient (Wildman–Crippen LogP) is 1.57. The van der Waals surface area contributed by atoms with Crippen molar-refractivity contribution in [1.82, 2.24) is 15.1 Å². The lowest BCUT2D eigenvalue weighted by atomic mass is 9.84. The summed E-state index contributed by atoms with van der Waals surface area (Å²) in [5.41, 5.74) is 0. The smallest absolute Gasteiger partial charge is 0.222 e. The fraction of sp³-hybridized carbons (Fsp3) is 0.941. The molecule has 21 heavy (non-hydrogen) atoms. The molecule has 2 heterocycles. The minimum absolute atomic E-state index is 0.395. The molecule has 0 bridgehead atoms. The van der Waals surface area contributed by atoms with E-state index in [-0.39, 0.29) is 0 Å². The van der Waals surface area contributed by atoms with Crippen molar-refractivity contribution in [3.8, 4) is 0 Å². The average Bonchev–Trinajstić information content (AvgIpc) is 3.33. The van der Waals surface area contributed by atoms with Gasteiger partial charge in [0.2, 0.25) is 5.91 Å². The third-order valence-corrected chi connectivity index (χ3v) is 5.62. The van der Waals surface area contributed by atoms with E-state index in [1.807, 2.05) is 0 Å². The van der Waals surface area contributed by atoms with Crippen molar-refractivity contribution in [3.63, 3.8) is 0 Å². The highest BCUT2D eigenvalue weighted by Crippen LogP contribution is 2.30. The van der Waals surface area contributed by atoms with Crippen LogP contribution < -0.4 is 5.32 Å². The Morgan fingerprint density at radius 3 is 2.38 bits per heavy atom. The molecule has 120 valence electrons. The zero-order chi connectivity index (χ0) is 14.7. The van der Waals surface area contributed by atoms with Gasteiger partial charge in [0.25, 0.3) is 0 Å². The molecule has 0 aromatic rings. The molecule has 4 nitrogen and oxygen atoms in total. The molecule has 1 unspecified atom stereocenters. The molecule has 2 saturated heterocycles. The largest absolute Gasteiger partial charge is 0.340 e. The first-order valence-corrected chi connectivity index (χ1v) is 8.93. The van der Waals surface area contributed by atoms with Crippen LogP contribution in [0.5, 0.6) is 0 Å². The van der Waals surface area contributed by atoms with Gasteiger partial charge in [-0.1, -0.05) is 6.92 Å². The molecule has 0 radical (unpaired) electrons. The average molecular weight is 293 g/mol. The maximum absolute atomic E-state index is 12.5. The van der Waals surface area contributed by atoms with Gasteiger partial charge in [-0.25, -0.2) is 0 Å². The highest BCUT2D eigenvalue weighted by Gasteiger charge is 2.29. The third-order valence-electron chi connectivity index (χ3n) is 5.62. The zero-order valence-electron chi connectivity index (χ0n) is 13.5. The van der Waals surface area contributed by atoms with E-state index < -0.39 is 0 Å². The first-order valence-electron chi connectivity index (χ1n) is 8.93. The number of hydrogen-bond acceptors (Lipinski definition) is 3. The lowest BCUT2D eigenvalue weighted by Crippen LogP contribution is -2.49. The third kappa shape index (κ3) is 4.43. The van der Waals surface area contributed by atoms with Crippen LogP contribution in [0.3, 0.4) is 0 Å². The van der Waals surface area contributed by atoms with E-state index in [2.05, 4.69) is 22.0 Å². The van der Waals surface area contributed by atoms with Gasteiger partial charge in [-0.2, -0.15) is 0 Å². The minimum atomic E-state index is 0.395. The van der Waals surface area contributed by atoms with Crippen molar-refractivity contribution in [2.75, 3.05) is 45.8 Å². The fourth-order valence-corrected chi connectivity index (χ4v) is 3.83. The van der Waals surface area contributed by atoms with Crippen LogP contribution in [0.1, 0.15) is 39.0 Å². The second-order valence-corrected chi connectivity index (χ2v) is 7.39. The second-order valence-electron chi connectivity index (χ2n) is 7.39. The molecule has 3 fully saturated rings. The molecule has 4 heteroatoms. The first-order chi connectivity index (χ1) is 10.2. The summed E-state index contributed by atoms with van der Waals surface area (Å²) in [5.74, 6) is 2.65. The summed E-state index contributed by atoms with van der Waals surface area (Å²) in [6.45, 7) is 9.87. The van der Waals surface area contributed by atoms with Gasteiger partial charge >= 0.3 is 0 Å². The van der Waals surface area contributed by atoms with E-state index in [0.717, 1.165) is 57.5 Å². The van der Waals surface area contributed by atoms with E-state index in [9.17, 15) is 4.79 Å². The van der Waals surface area contributed by atoms with Crippen LogP contribution in [0, 0.1) is 17.8 Å². The van der Waals surface area contributed by atoms with Gasteiger partial charge in [-0.05, 0) is 56.5 Å². The number of piperazine rings is 1. The maximum Gasteiger partial charge on any atom is 0.222 e. The molecule has 0 aromatic carbocycles. The van der Waals surface area contributed by atoms with Crippen LogP contribution in [-0.4, -0.2) is 61.5 Å². The minimum Gasteiger partial charge on any atom is -0.340 e. The van der Waals surface area contributed by atoms with Crippen LogP contribution in [0.2, 0.25) is 0 Å². The van der Waals surface area contributed by atoms with Crippen LogP contribution >= 0.6 is 0 Å². The Labute approximate surface area is 129 Å². The Balaban J connectivity index is 1.38. The summed E-state index contributed by atoms with van der Waals surface area (Å²) in [5, 5.41) is 3.41. The van der Waals surface area contributed by atoms with Gasteiger partial charge in [0.15, 0.2) is 0 Å². The van der Waals surface area contributed by atoms with E-state index in [1.165, 1.54) is 32.2 Å². The Hall–Kier alpha value is -0.610. The predicted molar refractivity (Wildman–Crippen MR) is 85.1 cm³/mol. The molecule has 1 aliphatic carbocycles. The number of piperidine rings is 1. The molecule has 3 aliphatic rings. The summed E-state index contributed by atoms with van der Waals surface area (Å²) in [6, 6.07) is 0. The van der Waals surface area contributed by atoms with Gasteiger partial charge in [-0.3, -0.25) is 9.69 Å². The Bertz CT molecular complexity index is 342. The number of rotatable bonds is 5. The van der Waals surface area contributed by atoms with E-state index in [0.29, 0.717) is 11.8 Å². The number of nitrogens with zero attached hydrogens (tertiary/aromatic N) is 2. The highest BCUT2D eigenvalue weighted by molar-refractivity contribution is 5.76. The van der Waals surface area contributed by atoms with Crippen LogP contribution in [-0.2, 0) is 4.79 Å². The molecule has 1 amide bonds. The number of amides is 1. The van der Waals surface area contributed by atoms with Crippen LogP contribution in [0.25, 0.3) is 0 Å². The van der Waals surface area contributed by atoms with Gasteiger partial charge in [-0.15, -0.1) is 0 Å². The number of carbonyl (C=O) groups excluding carboxylic acids is 1. The molecular weight excluding hydrogens is 262 g/mol. The summed E-state index contributed by atoms with van der Waals surface area (Å²) >= 11 is 0. The van der Waals surface area contributed by atoms with Crippen molar-refractivity contribution in [3.05, 3.63) is 0 Å². The van der Waals surface area contributed by atoms with Gasteiger partial charge in [0, 0.05) is 39.1 Å². The molecule has 1 saturated carbocycles. The second kappa shape index (κ2) is 7.10. The molecular formula is C17H31N3O. The van der Waals surface area contributed by atoms with Crippen molar-refractivity contribution >= 4 is 5.91 Å². The van der Waals surface area contributed by atoms with E-state index in [1.54, 1.807) is 0 Å². The van der Waals surface area contributed by atoms with Gasteiger partial charge < -0.3 is 10.2 Å². The lowest BCUT2D eigenvalue weighted by molar-refractivity contribution is -0.134. The zero-order valence-corrected chi connectivity index (χ0v) is 13.5. The summed E-state index contributed by atoms with van der Waals surface area (Å²) in [4.78, 5) is 17.1. The molecule has 0 spiro atoms. The fourth-order valence-electron chi connectivity index (χ4n) is 3.83. The standard InChI is InChI=1S/C17H31N3O/c1-14(16-4-6-18-7-5-16)12-17(21)20-10-8-19(9-11-20)13-15-2-3-15/h14-16,18H,2-13H2,1H3. The highest BCUT2D eigenvalue weighted by atomic mass is 16.2. The molecule has 3 rings (SSSR count). The summed E-state index contributed by atoms with van der Waals surface area (Å²) in [7, 11) is 0. The quantitative estimate of drug-likeness (QED) is 0.836. The van der Waals surface area contributed by atoms with Crippen molar-refractivity contribution in [2.24, 2.45) is 17.8 Å². The summed E-state index contributed by atoms with van der Waals surface area (Å²) in [6.07, 6.45) is 6.08. The lowest BCUT2D eigenvalue weighted by Gasteiger charge is -2.36. The first kappa shape index (κ1) is 15.3. The van der Waals surface area contributed by atoms with Crippen molar-refractivity contribution in [2.45, 2.75) is 39.0 Å². The van der Waals surface area contributed by atoms with Crippen LogP contribution in [0.15, 0.2) is 0 Å². The molecule has 1 N–H and O–H groups in total. The normalized spacial score (nSPS) is 26.8. The number of carbonyl (C=O) groups is 1.